The van der Waals surface area contributed by atoms with Gasteiger partial charge in [-0.3, -0.25) is 4.99 Å². The molecule has 0 spiro atoms. The van der Waals surface area contributed by atoms with Gasteiger partial charge in [0, 0.05) is 20.1 Å². The minimum absolute atomic E-state index is 0. The van der Waals surface area contributed by atoms with Crippen LogP contribution in [0.25, 0.3) is 0 Å². The van der Waals surface area contributed by atoms with Crippen molar-refractivity contribution in [1.82, 2.24) is 10.6 Å². The van der Waals surface area contributed by atoms with E-state index in [1.54, 1.807) is 7.05 Å². The molecule has 3 nitrogen and oxygen atoms in total. The Labute approximate surface area is 166 Å². The number of aliphatic imine (C=N–C) groups is 1. The van der Waals surface area contributed by atoms with Crippen molar-refractivity contribution in [2.45, 2.75) is 12.8 Å². The predicted octanol–water partition coefficient (Wildman–Crippen LogP) is 3.81. The van der Waals surface area contributed by atoms with Gasteiger partial charge in [-0.25, -0.2) is 17.6 Å². The van der Waals surface area contributed by atoms with Crippen LogP contribution in [0, 0.1) is 23.3 Å². The van der Waals surface area contributed by atoms with Crippen LogP contribution in [-0.2, 0) is 12.8 Å². The van der Waals surface area contributed by atoms with E-state index < -0.39 is 23.3 Å². The van der Waals surface area contributed by atoms with Crippen LogP contribution < -0.4 is 10.6 Å². The lowest BCUT2D eigenvalue weighted by atomic mass is 10.1. The van der Waals surface area contributed by atoms with Crippen molar-refractivity contribution in [1.29, 1.82) is 0 Å². The normalized spacial score (nSPS) is 10.0. The zero-order chi connectivity index (χ0) is 18.2. The SMILES string of the molecule is CN=C(NCCc1cc(F)ccc1F)NCCc1cc(F)ccc1F.I. The molecule has 0 saturated heterocycles. The van der Waals surface area contributed by atoms with Gasteiger partial charge in [-0.05, 0) is 60.4 Å². The molecule has 2 rings (SSSR count). The zero-order valence-corrected chi connectivity index (χ0v) is 16.5. The number of guanidine groups is 1. The van der Waals surface area contributed by atoms with Crippen LogP contribution in [-0.4, -0.2) is 26.1 Å². The number of halogens is 5. The number of nitrogens with one attached hydrogen (secondary N) is 2. The van der Waals surface area contributed by atoms with Gasteiger partial charge >= 0.3 is 0 Å². The van der Waals surface area contributed by atoms with Crippen LogP contribution in [0.4, 0.5) is 17.6 Å². The Balaban J connectivity index is 0.00000338. The van der Waals surface area contributed by atoms with Gasteiger partial charge in [0.25, 0.3) is 0 Å². The molecule has 0 heterocycles. The Morgan fingerprint density at radius 2 is 1.23 bits per heavy atom. The number of hydrogen-bond donors (Lipinski definition) is 2. The molecule has 26 heavy (non-hydrogen) atoms. The lowest BCUT2D eigenvalue weighted by Gasteiger charge is -2.12. The van der Waals surface area contributed by atoms with Gasteiger partial charge in [-0.1, -0.05) is 0 Å². The highest BCUT2D eigenvalue weighted by Gasteiger charge is 2.06. The molecule has 0 saturated carbocycles. The Morgan fingerprint density at radius 3 is 1.62 bits per heavy atom. The molecule has 142 valence electrons. The van der Waals surface area contributed by atoms with Crippen molar-refractivity contribution in [2.75, 3.05) is 20.1 Å². The fraction of sp³-hybridized carbons (Fsp3) is 0.278. The van der Waals surface area contributed by atoms with E-state index in [-0.39, 0.29) is 47.9 Å². The molecular formula is C18H20F4IN3. The average Bonchev–Trinajstić information content (AvgIpc) is 2.59. The molecule has 2 N–H and O–H groups in total. The molecule has 0 aromatic heterocycles. The lowest BCUT2D eigenvalue weighted by Crippen LogP contribution is -2.39. The van der Waals surface area contributed by atoms with E-state index in [4.69, 9.17) is 0 Å². The van der Waals surface area contributed by atoms with E-state index in [1.807, 2.05) is 0 Å². The topological polar surface area (TPSA) is 36.4 Å². The molecule has 0 radical (unpaired) electrons. The second kappa shape index (κ2) is 11.0. The van der Waals surface area contributed by atoms with Crippen LogP contribution in [0.5, 0.6) is 0 Å². The highest BCUT2D eigenvalue weighted by molar-refractivity contribution is 14.0. The van der Waals surface area contributed by atoms with Crippen molar-refractivity contribution in [2.24, 2.45) is 4.99 Å². The molecule has 2 aromatic rings. The van der Waals surface area contributed by atoms with Gasteiger partial charge in [0.15, 0.2) is 5.96 Å². The van der Waals surface area contributed by atoms with Crippen molar-refractivity contribution < 1.29 is 17.6 Å². The van der Waals surface area contributed by atoms with Gasteiger partial charge in [0.2, 0.25) is 0 Å². The molecule has 0 aliphatic rings. The average molecular weight is 481 g/mol. The van der Waals surface area contributed by atoms with E-state index >= 15 is 0 Å². The standard InChI is InChI=1S/C18H19F4N3.HI/c1-23-18(24-8-6-12-10-14(19)2-4-16(12)21)25-9-7-13-11-15(20)3-5-17(13)22;/h2-5,10-11H,6-9H2,1H3,(H2,23,24,25);1H. The lowest BCUT2D eigenvalue weighted by molar-refractivity contribution is 0.581. The second-order valence-corrected chi connectivity index (χ2v) is 5.40. The molecule has 0 atom stereocenters. The third-order valence-corrected chi connectivity index (χ3v) is 3.61. The minimum Gasteiger partial charge on any atom is -0.356 e. The molecular weight excluding hydrogens is 461 g/mol. The van der Waals surface area contributed by atoms with Gasteiger partial charge < -0.3 is 10.6 Å². The summed E-state index contributed by atoms with van der Waals surface area (Å²) in [5.41, 5.74) is 0.537. The number of rotatable bonds is 6. The molecule has 0 fully saturated rings. The first-order valence-corrected chi connectivity index (χ1v) is 7.82. The third-order valence-electron chi connectivity index (χ3n) is 3.61. The van der Waals surface area contributed by atoms with E-state index in [0.29, 0.717) is 19.0 Å². The fourth-order valence-corrected chi connectivity index (χ4v) is 2.32. The maximum Gasteiger partial charge on any atom is 0.190 e. The maximum absolute atomic E-state index is 13.5. The van der Waals surface area contributed by atoms with Crippen molar-refractivity contribution in [3.8, 4) is 0 Å². The third kappa shape index (κ3) is 6.81. The zero-order valence-electron chi connectivity index (χ0n) is 14.2. The van der Waals surface area contributed by atoms with Crippen LogP contribution in [0.2, 0.25) is 0 Å². The summed E-state index contributed by atoms with van der Waals surface area (Å²) >= 11 is 0. The van der Waals surface area contributed by atoms with Crippen molar-refractivity contribution in [3.63, 3.8) is 0 Å². The first-order valence-electron chi connectivity index (χ1n) is 7.82. The molecule has 2 aromatic carbocycles. The molecule has 0 aliphatic carbocycles. The van der Waals surface area contributed by atoms with E-state index in [1.165, 1.54) is 0 Å². The summed E-state index contributed by atoms with van der Waals surface area (Å²) < 4.78 is 53.3. The van der Waals surface area contributed by atoms with Crippen LogP contribution in [0.15, 0.2) is 41.4 Å². The summed E-state index contributed by atoms with van der Waals surface area (Å²) in [6.45, 7) is 0.683. The number of hydrogen-bond acceptors (Lipinski definition) is 1. The summed E-state index contributed by atoms with van der Waals surface area (Å²) in [7, 11) is 1.56. The van der Waals surface area contributed by atoms with Gasteiger partial charge in [-0.2, -0.15) is 0 Å². The monoisotopic (exact) mass is 481 g/mol. The van der Waals surface area contributed by atoms with E-state index in [0.717, 1.165) is 36.4 Å². The van der Waals surface area contributed by atoms with Gasteiger partial charge in [-0.15, -0.1) is 24.0 Å². The molecule has 0 unspecified atom stereocenters. The largest absolute Gasteiger partial charge is 0.356 e. The number of benzene rings is 2. The Kier molecular flexibility index (Phi) is 9.39. The Hall–Kier alpha value is -1.84. The van der Waals surface area contributed by atoms with Gasteiger partial charge in [0.05, 0.1) is 0 Å². The summed E-state index contributed by atoms with van der Waals surface area (Å²) in [4.78, 5) is 3.99. The molecule has 0 aliphatic heterocycles. The fourth-order valence-electron chi connectivity index (χ4n) is 2.32. The van der Waals surface area contributed by atoms with Crippen LogP contribution >= 0.6 is 24.0 Å². The van der Waals surface area contributed by atoms with Crippen molar-refractivity contribution >= 4 is 29.9 Å². The summed E-state index contributed by atoms with van der Waals surface area (Å²) in [5, 5.41) is 5.92. The first-order chi connectivity index (χ1) is 12.0. The molecule has 0 amide bonds. The summed E-state index contributed by atoms with van der Waals surface area (Å²) in [6.07, 6.45) is 0.561. The van der Waals surface area contributed by atoms with Crippen LogP contribution in [0.3, 0.4) is 0 Å². The van der Waals surface area contributed by atoms with E-state index in [9.17, 15) is 17.6 Å². The highest BCUT2D eigenvalue weighted by atomic mass is 127. The smallest absolute Gasteiger partial charge is 0.190 e. The van der Waals surface area contributed by atoms with Gasteiger partial charge in [0.1, 0.15) is 23.3 Å². The number of nitrogens with zero attached hydrogens (tertiary/aromatic N) is 1. The summed E-state index contributed by atoms with van der Waals surface area (Å²) in [5.74, 6) is -1.47. The minimum atomic E-state index is -0.490. The van der Waals surface area contributed by atoms with Crippen molar-refractivity contribution in [3.05, 3.63) is 70.8 Å². The molecule has 8 heteroatoms. The maximum atomic E-state index is 13.5. The Bertz CT molecular complexity index is 694. The Morgan fingerprint density at radius 1 is 0.808 bits per heavy atom. The quantitative estimate of drug-likeness (QED) is 0.285. The highest BCUT2D eigenvalue weighted by Crippen LogP contribution is 2.10. The molecule has 0 bridgehead atoms. The second-order valence-electron chi connectivity index (χ2n) is 5.40. The summed E-state index contributed by atoms with van der Waals surface area (Å²) in [6, 6.07) is 6.62. The van der Waals surface area contributed by atoms with Crippen LogP contribution in [0.1, 0.15) is 11.1 Å². The first kappa shape index (κ1) is 22.2. The van der Waals surface area contributed by atoms with E-state index in [2.05, 4.69) is 15.6 Å². The predicted molar refractivity (Wildman–Crippen MR) is 105 cm³/mol.